The molecule has 2 amide bonds. The third-order valence-corrected chi connectivity index (χ3v) is 4.40. The Hall–Kier alpha value is -1.88. The number of amides is 2. The highest BCUT2D eigenvalue weighted by atomic mass is 16.2. The van der Waals surface area contributed by atoms with Crippen molar-refractivity contribution in [2.75, 3.05) is 39.3 Å². The normalized spacial score (nSPS) is 15.5. The van der Waals surface area contributed by atoms with E-state index in [9.17, 15) is 9.59 Å². The Bertz CT molecular complexity index is 551. The van der Waals surface area contributed by atoms with Crippen LogP contribution < -0.4 is 0 Å². The molecule has 5 nitrogen and oxygen atoms in total. The Morgan fingerprint density at radius 2 is 1.87 bits per heavy atom. The molecule has 0 atom stereocenters. The summed E-state index contributed by atoms with van der Waals surface area (Å²) in [6.07, 6.45) is 0. The van der Waals surface area contributed by atoms with Crippen LogP contribution in [0.4, 0.5) is 0 Å². The molecule has 2 rings (SSSR count). The monoisotopic (exact) mass is 317 g/mol. The molecule has 23 heavy (non-hydrogen) atoms. The minimum absolute atomic E-state index is 0.0450. The Kier molecular flexibility index (Phi) is 6.16. The van der Waals surface area contributed by atoms with E-state index in [2.05, 4.69) is 17.9 Å². The molecule has 0 saturated carbocycles. The van der Waals surface area contributed by atoms with Gasteiger partial charge >= 0.3 is 0 Å². The summed E-state index contributed by atoms with van der Waals surface area (Å²) in [6, 6.07) is 8.06. The van der Waals surface area contributed by atoms with Gasteiger partial charge in [-0.2, -0.15) is 0 Å². The Morgan fingerprint density at radius 1 is 1.17 bits per heavy atom. The van der Waals surface area contributed by atoms with Gasteiger partial charge in [0.2, 0.25) is 11.8 Å². The van der Waals surface area contributed by atoms with Crippen LogP contribution in [0.25, 0.3) is 0 Å². The Balaban J connectivity index is 1.94. The molecule has 1 aliphatic rings. The first-order valence-corrected chi connectivity index (χ1v) is 8.30. The van der Waals surface area contributed by atoms with Crippen molar-refractivity contribution in [3.8, 4) is 0 Å². The molecule has 0 radical (unpaired) electrons. The average Bonchev–Trinajstić information content (AvgIpc) is 2.54. The summed E-state index contributed by atoms with van der Waals surface area (Å²) in [6.45, 7) is 10.7. The van der Waals surface area contributed by atoms with E-state index in [0.717, 1.165) is 43.9 Å². The van der Waals surface area contributed by atoms with Gasteiger partial charge in [-0.05, 0) is 19.0 Å². The molecule has 1 fully saturated rings. The Morgan fingerprint density at radius 3 is 2.43 bits per heavy atom. The first-order chi connectivity index (χ1) is 11.0. The van der Waals surface area contributed by atoms with Crippen molar-refractivity contribution in [1.82, 2.24) is 14.7 Å². The van der Waals surface area contributed by atoms with Crippen LogP contribution >= 0.6 is 0 Å². The minimum Gasteiger partial charge on any atom is -0.339 e. The van der Waals surface area contributed by atoms with Crippen LogP contribution in [0.15, 0.2) is 24.3 Å². The van der Waals surface area contributed by atoms with Gasteiger partial charge in [-0.25, -0.2) is 0 Å². The van der Waals surface area contributed by atoms with Gasteiger partial charge in [-0.1, -0.05) is 36.8 Å². The molecular formula is C18H27N3O2. The van der Waals surface area contributed by atoms with Crippen LogP contribution in [-0.2, 0) is 16.1 Å². The molecule has 0 N–H and O–H groups in total. The molecule has 1 aliphatic heterocycles. The predicted molar refractivity (Wildman–Crippen MR) is 91.0 cm³/mol. The summed E-state index contributed by atoms with van der Waals surface area (Å²) >= 11 is 0. The van der Waals surface area contributed by atoms with Gasteiger partial charge in [0.15, 0.2) is 0 Å². The van der Waals surface area contributed by atoms with E-state index < -0.39 is 0 Å². The summed E-state index contributed by atoms with van der Waals surface area (Å²) in [5, 5.41) is 0. The fourth-order valence-corrected chi connectivity index (χ4v) is 2.89. The SMILES string of the molecule is CCN1CCN(C(=O)CN(Cc2cccc(C)c2)C(C)=O)CC1. The zero-order chi connectivity index (χ0) is 16.8. The molecule has 1 aromatic carbocycles. The lowest BCUT2D eigenvalue weighted by Gasteiger charge is -2.35. The molecule has 1 heterocycles. The zero-order valence-electron chi connectivity index (χ0n) is 14.4. The first-order valence-electron chi connectivity index (χ1n) is 8.30. The molecule has 1 aromatic rings. The van der Waals surface area contributed by atoms with Crippen LogP contribution in [0.2, 0.25) is 0 Å². The molecule has 0 spiro atoms. The molecule has 0 aromatic heterocycles. The van der Waals surface area contributed by atoms with Crippen LogP contribution in [-0.4, -0.2) is 65.8 Å². The van der Waals surface area contributed by atoms with E-state index in [-0.39, 0.29) is 18.4 Å². The standard InChI is InChI=1S/C18H27N3O2/c1-4-19-8-10-20(11-9-19)18(23)14-21(16(3)22)13-17-7-5-6-15(2)12-17/h5-7,12H,4,8-11,13-14H2,1-3H3. The zero-order valence-corrected chi connectivity index (χ0v) is 14.4. The largest absolute Gasteiger partial charge is 0.339 e. The van der Waals surface area contributed by atoms with E-state index in [1.54, 1.807) is 4.90 Å². The molecule has 126 valence electrons. The summed E-state index contributed by atoms with van der Waals surface area (Å²) in [5.74, 6) is -0.0179. The highest BCUT2D eigenvalue weighted by Gasteiger charge is 2.23. The van der Waals surface area contributed by atoms with Crippen molar-refractivity contribution in [1.29, 1.82) is 0 Å². The second-order valence-corrected chi connectivity index (χ2v) is 6.18. The lowest BCUT2D eigenvalue weighted by atomic mass is 10.1. The van der Waals surface area contributed by atoms with E-state index in [4.69, 9.17) is 0 Å². The van der Waals surface area contributed by atoms with E-state index in [1.807, 2.05) is 30.0 Å². The average molecular weight is 317 g/mol. The number of benzene rings is 1. The maximum atomic E-state index is 12.5. The number of carbonyl (C=O) groups excluding carboxylic acids is 2. The van der Waals surface area contributed by atoms with Gasteiger partial charge in [0.05, 0.1) is 0 Å². The number of hydrogen-bond acceptors (Lipinski definition) is 3. The van der Waals surface area contributed by atoms with Crippen molar-refractivity contribution < 1.29 is 9.59 Å². The Labute approximate surface area is 138 Å². The van der Waals surface area contributed by atoms with Crippen molar-refractivity contribution in [3.63, 3.8) is 0 Å². The van der Waals surface area contributed by atoms with Gasteiger partial charge in [-0.15, -0.1) is 0 Å². The number of aryl methyl sites for hydroxylation is 1. The number of hydrogen-bond donors (Lipinski definition) is 0. The maximum Gasteiger partial charge on any atom is 0.242 e. The van der Waals surface area contributed by atoms with E-state index >= 15 is 0 Å². The third-order valence-electron chi connectivity index (χ3n) is 4.40. The van der Waals surface area contributed by atoms with Gasteiger partial charge < -0.3 is 14.7 Å². The number of likely N-dealkylation sites (N-methyl/N-ethyl adjacent to an activating group) is 1. The van der Waals surface area contributed by atoms with E-state index in [1.165, 1.54) is 6.92 Å². The predicted octanol–water partition coefficient (Wildman–Crippen LogP) is 1.51. The second kappa shape index (κ2) is 8.11. The van der Waals surface area contributed by atoms with Gasteiger partial charge in [0.25, 0.3) is 0 Å². The number of rotatable bonds is 5. The van der Waals surface area contributed by atoms with Crippen molar-refractivity contribution in [2.45, 2.75) is 27.3 Å². The quantitative estimate of drug-likeness (QED) is 0.827. The molecule has 5 heteroatoms. The first kappa shape index (κ1) is 17.5. The lowest BCUT2D eigenvalue weighted by Crippen LogP contribution is -2.51. The number of piperazine rings is 1. The lowest BCUT2D eigenvalue weighted by molar-refractivity contribution is -0.140. The van der Waals surface area contributed by atoms with Crippen LogP contribution in [0.3, 0.4) is 0 Å². The number of carbonyl (C=O) groups is 2. The summed E-state index contributed by atoms with van der Waals surface area (Å²) in [5.41, 5.74) is 2.22. The van der Waals surface area contributed by atoms with Crippen LogP contribution in [0.5, 0.6) is 0 Å². The van der Waals surface area contributed by atoms with Crippen LogP contribution in [0, 0.1) is 6.92 Å². The maximum absolute atomic E-state index is 12.5. The van der Waals surface area contributed by atoms with Crippen LogP contribution in [0.1, 0.15) is 25.0 Å². The molecule has 1 saturated heterocycles. The topological polar surface area (TPSA) is 43.9 Å². The van der Waals surface area contributed by atoms with E-state index in [0.29, 0.717) is 6.54 Å². The fourth-order valence-electron chi connectivity index (χ4n) is 2.89. The molecule has 0 bridgehead atoms. The van der Waals surface area contributed by atoms with Gasteiger partial charge in [0.1, 0.15) is 6.54 Å². The third kappa shape index (κ3) is 5.06. The number of nitrogens with zero attached hydrogens (tertiary/aromatic N) is 3. The van der Waals surface area contributed by atoms with Gasteiger partial charge in [0, 0.05) is 39.6 Å². The molecular weight excluding hydrogens is 290 g/mol. The summed E-state index contributed by atoms with van der Waals surface area (Å²) < 4.78 is 0. The van der Waals surface area contributed by atoms with Crippen molar-refractivity contribution >= 4 is 11.8 Å². The van der Waals surface area contributed by atoms with Gasteiger partial charge in [-0.3, -0.25) is 9.59 Å². The van der Waals surface area contributed by atoms with Crippen molar-refractivity contribution in [3.05, 3.63) is 35.4 Å². The molecule has 0 aliphatic carbocycles. The summed E-state index contributed by atoms with van der Waals surface area (Å²) in [4.78, 5) is 30.2. The second-order valence-electron chi connectivity index (χ2n) is 6.18. The van der Waals surface area contributed by atoms with Crippen molar-refractivity contribution in [2.24, 2.45) is 0 Å². The smallest absolute Gasteiger partial charge is 0.242 e. The fraction of sp³-hybridized carbons (Fsp3) is 0.556. The molecule has 0 unspecified atom stereocenters. The highest BCUT2D eigenvalue weighted by Crippen LogP contribution is 2.09. The summed E-state index contributed by atoms with van der Waals surface area (Å²) in [7, 11) is 0. The minimum atomic E-state index is -0.0629. The highest BCUT2D eigenvalue weighted by molar-refractivity contribution is 5.83.